The fraction of sp³-hybridized carbons (Fsp3) is 0.0833. The fourth-order valence-electron chi connectivity index (χ4n) is 3.79. The largest absolute Gasteiger partial charge is 0.361 e. The normalized spacial score (nSPS) is 16.1. The first kappa shape index (κ1) is 18.1. The van der Waals surface area contributed by atoms with E-state index in [-0.39, 0.29) is 6.04 Å². The van der Waals surface area contributed by atoms with Gasteiger partial charge in [-0.1, -0.05) is 72.3 Å². The Morgan fingerprint density at radius 1 is 0.966 bits per heavy atom. The van der Waals surface area contributed by atoms with E-state index in [2.05, 4.69) is 46.8 Å². The molecule has 0 unspecified atom stereocenters. The van der Waals surface area contributed by atoms with Crippen LogP contribution in [0, 0.1) is 0 Å². The van der Waals surface area contributed by atoms with Gasteiger partial charge in [-0.15, -0.1) is 0 Å². The van der Waals surface area contributed by atoms with Gasteiger partial charge in [0.2, 0.25) is 0 Å². The Hall–Kier alpha value is -2.95. The number of aromatic amines is 1. The number of nitrogens with zero attached hydrogens (tertiary/aromatic N) is 1. The Balaban J connectivity index is 1.62. The first-order chi connectivity index (χ1) is 14.2. The summed E-state index contributed by atoms with van der Waals surface area (Å²) in [7, 11) is 0. The maximum atomic E-state index is 6.32. The summed E-state index contributed by atoms with van der Waals surface area (Å²) in [6.07, 6.45) is 2.77. The number of benzene rings is 3. The molecule has 1 aromatic heterocycles. The lowest BCUT2D eigenvalue weighted by molar-refractivity contribution is 0.867. The number of fused-ring (bicyclic) bond motifs is 2. The third kappa shape index (κ3) is 3.46. The average Bonchev–Trinajstić information content (AvgIpc) is 3.10. The molecule has 0 saturated heterocycles. The van der Waals surface area contributed by atoms with Crippen LogP contribution in [0.4, 0.5) is 5.69 Å². The summed E-state index contributed by atoms with van der Waals surface area (Å²) >= 11 is 12.1. The van der Waals surface area contributed by atoms with Crippen LogP contribution in [0.3, 0.4) is 0 Å². The van der Waals surface area contributed by atoms with Crippen molar-refractivity contribution in [2.24, 2.45) is 4.99 Å². The molecule has 142 valence electrons. The molecule has 4 aromatic rings. The Bertz CT molecular complexity index is 1240. The molecule has 0 spiro atoms. The highest BCUT2D eigenvalue weighted by molar-refractivity contribution is 7.80. The maximum Gasteiger partial charge on any atom is 0.105 e. The molecule has 5 rings (SSSR count). The van der Waals surface area contributed by atoms with Crippen molar-refractivity contribution in [1.29, 1.82) is 0 Å². The summed E-state index contributed by atoms with van der Waals surface area (Å²) in [4.78, 5) is 9.19. The zero-order chi connectivity index (χ0) is 19.8. The summed E-state index contributed by atoms with van der Waals surface area (Å²) in [5, 5.41) is 5.29. The lowest BCUT2D eigenvalue weighted by Gasteiger charge is -2.13. The molecular weight excluding hydrogens is 398 g/mol. The van der Waals surface area contributed by atoms with Gasteiger partial charge in [0.15, 0.2) is 0 Å². The number of aliphatic imine (C=N–C) groups is 1. The van der Waals surface area contributed by atoms with E-state index >= 15 is 0 Å². The van der Waals surface area contributed by atoms with Crippen molar-refractivity contribution in [2.75, 3.05) is 5.32 Å². The molecule has 0 saturated carbocycles. The molecule has 3 nitrogen and oxygen atoms in total. The zero-order valence-electron chi connectivity index (χ0n) is 15.5. The van der Waals surface area contributed by atoms with Gasteiger partial charge in [-0.05, 0) is 29.8 Å². The second-order valence-corrected chi connectivity index (χ2v) is 7.98. The van der Waals surface area contributed by atoms with Crippen LogP contribution in [0.5, 0.6) is 0 Å². The van der Waals surface area contributed by atoms with E-state index in [1.165, 1.54) is 10.9 Å². The van der Waals surface area contributed by atoms with Crippen molar-refractivity contribution in [3.8, 4) is 0 Å². The lowest BCUT2D eigenvalue weighted by atomic mass is 10.0. The Labute approximate surface area is 179 Å². The van der Waals surface area contributed by atoms with Gasteiger partial charge < -0.3 is 10.3 Å². The molecule has 1 aliphatic rings. The predicted octanol–water partition coefficient (Wildman–Crippen LogP) is 6.02. The van der Waals surface area contributed by atoms with Crippen LogP contribution >= 0.6 is 23.8 Å². The van der Waals surface area contributed by atoms with Crippen molar-refractivity contribution in [1.82, 2.24) is 4.98 Å². The number of H-pyrrole nitrogens is 1. The molecule has 5 heteroatoms. The summed E-state index contributed by atoms with van der Waals surface area (Å²) in [6, 6.07) is 24.1. The Morgan fingerprint density at radius 3 is 2.62 bits per heavy atom. The van der Waals surface area contributed by atoms with Gasteiger partial charge in [-0.2, -0.15) is 0 Å². The van der Waals surface area contributed by atoms with Crippen molar-refractivity contribution >= 4 is 51.1 Å². The van der Waals surface area contributed by atoms with Gasteiger partial charge in [0, 0.05) is 45.4 Å². The molecule has 0 bridgehead atoms. The molecule has 0 radical (unpaired) electrons. The average molecular weight is 416 g/mol. The molecule has 3 aromatic carbocycles. The van der Waals surface area contributed by atoms with Crippen molar-refractivity contribution in [2.45, 2.75) is 12.5 Å². The zero-order valence-corrected chi connectivity index (χ0v) is 17.1. The predicted molar refractivity (Wildman–Crippen MR) is 126 cm³/mol. The minimum atomic E-state index is -0.175. The molecule has 0 aliphatic carbocycles. The Morgan fingerprint density at radius 2 is 1.76 bits per heavy atom. The van der Waals surface area contributed by atoms with Crippen LogP contribution in [0.1, 0.15) is 16.7 Å². The highest BCUT2D eigenvalue weighted by Gasteiger charge is 2.24. The number of hydrogen-bond acceptors (Lipinski definition) is 2. The monoisotopic (exact) mass is 415 g/mol. The van der Waals surface area contributed by atoms with Gasteiger partial charge in [-0.3, -0.25) is 4.99 Å². The van der Waals surface area contributed by atoms with E-state index in [0.717, 1.165) is 28.0 Å². The number of benzodiazepines with no additional fused rings is 1. The van der Waals surface area contributed by atoms with E-state index in [1.54, 1.807) is 0 Å². The van der Waals surface area contributed by atoms with Crippen LogP contribution in [0.15, 0.2) is 84.0 Å². The number of thiocarbonyl (C=S) groups is 1. The molecule has 29 heavy (non-hydrogen) atoms. The SMILES string of the molecule is S=C1Nc2ccc(Cl)cc2C(c2ccccc2)=N[C@@H]1Cc1c[nH]c2ccccc12. The van der Waals surface area contributed by atoms with Crippen molar-refractivity contribution < 1.29 is 0 Å². The number of hydrogen-bond donors (Lipinski definition) is 2. The molecule has 0 amide bonds. The number of anilines is 1. The highest BCUT2D eigenvalue weighted by Crippen LogP contribution is 2.29. The smallest absolute Gasteiger partial charge is 0.105 e. The standard InChI is InChI=1S/C24H18ClN3S/c25-17-10-11-21-19(13-17)23(15-6-2-1-3-7-15)27-22(24(29)28-21)12-16-14-26-20-9-5-4-8-18(16)20/h1-11,13-14,22,26H,12H2,(H,28,29)/t22-/m1/s1. The molecule has 2 heterocycles. The van der Waals surface area contributed by atoms with Crippen LogP contribution in [0.25, 0.3) is 10.9 Å². The first-order valence-corrected chi connectivity index (χ1v) is 10.3. The maximum absolute atomic E-state index is 6.32. The van der Waals surface area contributed by atoms with Gasteiger partial charge in [0.1, 0.15) is 11.0 Å². The minimum Gasteiger partial charge on any atom is -0.361 e. The summed E-state index contributed by atoms with van der Waals surface area (Å²) in [6.45, 7) is 0. The Kier molecular flexibility index (Phi) is 4.66. The second kappa shape index (κ2) is 7.47. The number of halogens is 1. The van der Waals surface area contributed by atoms with E-state index in [9.17, 15) is 0 Å². The first-order valence-electron chi connectivity index (χ1n) is 9.48. The molecule has 1 atom stereocenters. The summed E-state index contributed by atoms with van der Waals surface area (Å²) in [5.41, 5.74) is 6.18. The highest BCUT2D eigenvalue weighted by atomic mass is 35.5. The third-order valence-corrected chi connectivity index (χ3v) is 5.83. The molecule has 2 N–H and O–H groups in total. The van der Waals surface area contributed by atoms with Crippen LogP contribution in [-0.2, 0) is 6.42 Å². The number of nitrogens with one attached hydrogen (secondary N) is 2. The second-order valence-electron chi connectivity index (χ2n) is 7.10. The van der Waals surface area contributed by atoms with Crippen molar-refractivity contribution in [3.63, 3.8) is 0 Å². The van der Waals surface area contributed by atoms with Gasteiger partial charge >= 0.3 is 0 Å². The van der Waals surface area contributed by atoms with E-state index in [4.69, 9.17) is 28.8 Å². The number of rotatable bonds is 3. The van der Waals surface area contributed by atoms with Crippen LogP contribution in [0.2, 0.25) is 5.02 Å². The summed E-state index contributed by atoms with van der Waals surface area (Å²) in [5.74, 6) is 0. The quantitative estimate of drug-likeness (QED) is 0.401. The number of aromatic nitrogens is 1. The van der Waals surface area contributed by atoms with E-state index < -0.39 is 0 Å². The van der Waals surface area contributed by atoms with Gasteiger partial charge in [-0.25, -0.2) is 0 Å². The molecular formula is C24H18ClN3S. The molecule has 0 fully saturated rings. The van der Waals surface area contributed by atoms with Crippen LogP contribution in [-0.4, -0.2) is 21.7 Å². The van der Waals surface area contributed by atoms with E-state index in [0.29, 0.717) is 16.4 Å². The third-order valence-electron chi connectivity index (χ3n) is 5.22. The summed E-state index contributed by atoms with van der Waals surface area (Å²) < 4.78 is 0. The van der Waals surface area contributed by atoms with Crippen molar-refractivity contribution in [3.05, 3.63) is 101 Å². The number of para-hydroxylation sites is 1. The van der Waals surface area contributed by atoms with E-state index in [1.807, 2.05) is 42.5 Å². The minimum absolute atomic E-state index is 0.175. The van der Waals surface area contributed by atoms with Gasteiger partial charge in [0.25, 0.3) is 0 Å². The molecule has 1 aliphatic heterocycles. The fourth-order valence-corrected chi connectivity index (χ4v) is 4.21. The topological polar surface area (TPSA) is 40.2 Å². The van der Waals surface area contributed by atoms with Crippen LogP contribution < -0.4 is 5.32 Å². The lowest BCUT2D eigenvalue weighted by Crippen LogP contribution is -2.25. The van der Waals surface area contributed by atoms with Gasteiger partial charge in [0.05, 0.1) is 5.71 Å².